The average Bonchev–Trinajstić information content (AvgIpc) is 3.33. The highest BCUT2D eigenvalue weighted by Crippen LogP contribution is 2.25. The lowest BCUT2D eigenvalue weighted by Crippen LogP contribution is -2.34. The topological polar surface area (TPSA) is 130 Å². The van der Waals surface area contributed by atoms with Gasteiger partial charge in [-0.05, 0) is 81.3 Å². The molecule has 1 aromatic heterocycles. The third-order valence-corrected chi connectivity index (χ3v) is 6.07. The van der Waals surface area contributed by atoms with Gasteiger partial charge in [0.05, 0.1) is 25.4 Å². The van der Waals surface area contributed by atoms with Gasteiger partial charge < -0.3 is 34.4 Å². The summed E-state index contributed by atoms with van der Waals surface area (Å²) in [5.41, 5.74) is 1.32. The maximum atomic E-state index is 12.2. The monoisotopic (exact) mass is 490 g/mol. The van der Waals surface area contributed by atoms with Gasteiger partial charge in [0.2, 0.25) is 0 Å². The molecule has 0 bridgehead atoms. The Kier molecular flexibility index (Phi) is 10.3. The van der Waals surface area contributed by atoms with E-state index in [9.17, 15) is 9.90 Å². The number of aromatic nitrogens is 2. The summed E-state index contributed by atoms with van der Waals surface area (Å²) in [6, 6.07) is 5.36. The van der Waals surface area contributed by atoms with E-state index in [4.69, 9.17) is 19.1 Å². The number of hydrogen-bond acceptors (Lipinski definition) is 9. The fourth-order valence-electron chi connectivity index (χ4n) is 4.01. The molecule has 0 spiro atoms. The van der Waals surface area contributed by atoms with Crippen molar-refractivity contribution in [1.29, 1.82) is 0 Å². The van der Waals surface area contributed by atoms with Crippen LogP contribution in [0.15, 0.2) is 22.7 Å². The van der Waals surface area contributed by atoms with Crippen LogP contribution in [0.3, 0.4) is 0 Å². The average molecular weight is 491 g/mol. The van der Waals surface area contributed by atoms with Crippen LogP contribution in [-0.4, -0.2) is 71.3 Å². The number of anilines is 1. The first-order chi connectivity index (χ1) is 16.9. The van der Waals surface area contributed by atoms with Crippen LogP contribution < -0.4 is 15.0 Å². The molecule has 1 saturated heterocycles. The van der Waals surface area contributed by atoms with E-state index in [1.807, 2.05) is 26.8 Å². The fourth-order valence-corrected chi connectivity index (χ4v) is 4.01. The molecule has 1 amide bonds. The minimum Gasteiger partial charge on any atom is -0.494 e. The van der Waals surface area contributed by atoms with Crippen LogP contribution in [0.4, 0.5) is 5.95 Å². The van der Waals surface area contributed by atoms with Gasteiger partial charge >= 0.3 is 0 Å². The Morgan fingerprint density at radius 1 is 1.31 bits per heavy atom. The third-order valence-electron chi connectivity index (χ3n) is 6.07. The highest BCUT2D eigenvalue weighted by molar-refractivity contribution is 5.95. The van der Waals surface area contributed by atoms with E-state index in [1.165, 1.54) is 0 Å². The lowest BCUT2D eigenvalue weighted by molar-refractivity contribution is 0.0485. The molecule has 10 heteroatoms. The quantitative estimate of drug-likeness (QED) is 0.362. The van der Waals surface area contributed by atoms with Gasteiger partial charge in [-0.3, -0.25) is 4.79 Å². The zero-order valence-electron chi connectivity index (χ0n) is 20.9. The van der Waals surface area contributed by atoms with Crippen LogP contribution in [0, 0.1) is 12.8 Å². The number of aliphatic hydroxyl groups is 2. The Bertz CT molecular complexity index is 926. The standard InChI is InChI=1S/C25H38N4O6/c1-17(2)34-16-23-27-25(28-35-23)29-10-8-19(9-11-29)5-4-12-33-21-6-7-22(18(3)13-21)24(32)26-14-20(31)15-30/h6-7,13,17,19-20,30-31H,4-5,8-12,14-16H2,1-3H3,(H,26,32)/t20-/m0/s1. The maximum Gasteiger partial charge on any atom is 0.266 e. The van der Waals surface area contributed by atoms with E-state index >= 15 is 0 Å². The highest BCUT2D eigenvalue weighted by atomic mass is 16.5. The minimum atomic E-state index is -0.962. The van der Waals surface area contributed by atoms with Gasteiger partial charge in [-0.2, -0.15) is 4.98 Å². The Balaban J connectivity index is 1.34. The fraction of sp³-hybridized carbons (Fsp3) is 0.640. The number of nitrogens with one attached hydrogen (secondary N) is 1. The summed E-state index contributed by atoms with van der Waals surface area (Å²) in [5, 5.41) is 24.9. The van der Waals surface area contributed by atoms with Gasteiger partial charge in [0.25, 0.3) is 17.7 Å². The van der Waals surface area contributed by atoms with Crippen molar-refractivity contribution in [2.75, 3.05) is 37.7 Å². The predicted molar refractivity (Wildman–Crippen MR) is 130 cm³/mol. The number of piperidine rings is 1. The molecule has 1 fully saturated rings. The molecule has 2 aromatic rings. The van der Waals surface area contributed by atoms with Crippen LogP contribution in [0.2, 0.25) is 0 Å². The van der Waals surface area contributed by atoms with Gasteiger partial charge in [-0.15, -0.1) is 0 Å². The number of ether oxygens (including phenoxy) is 2. The van der Waals surface area contributed by atoms with E-state index in [0.717, 1.165) is 50.1 Å². The molecule has 1 aliphatic rings. The summed E-state index contributed by atoms with van der Waals surface area (Å²) >= 11 is 0. The van der Waals surface area contributed by atoms with E-state index < -0.39 is 6.10 Å². The van der Waals surface area contributed by atoms with Crippen molar-refractivity contribution in [2.45, 2.75) is 65.3 Å². The Labute approximate surface area is 206 Å². The summed E-state index contributed by atoms with van der Waals surface area (Å²) < 4.78 is 16.7. The molecule has 10 nitrogen and oxygen atoms in total. The van der Waals surface area contributed by atoms with Crippen molar-refractivity contribution in [3.05, 3.63) is 35.2 Å². The lowest BCUT2D eigenvalue weighted by Gasteiger charge is -2.30. The van der Waals surface area contributed by atoms with Gasteiger partial charge in [-0.25, -0.2) is 0 Å². The minimum absolute atomic E-state index is 0.00927. The smallest absolute Gasteiger partial charge is 0.266 e. The number of carbonyl (C=O) groups excluding carboxylic acids is 1. The van der Waals surface area contributed by atoms with Gasteiger partial charge in [-0.1, -0.05) is 0 Å². The Morgan fingerprint density at radius 2 is 2.09 bits per heavy atom. The molecule has 0 saturated carbocycles. The number of hydrogen-bond donors (Lipinski definition) is 3. The molecule has 3 N–H and O–H groups in total. The normalized spacial score (nSPS) is 15.4. The zero-order chi connectivity index (χ0) is 25.2. The molecular formula is C25H38N4O6. The van der Waals surface area contributed by atoms with Crippen LogP contribution in [0.25, 0.3) is 0 Å². The Hall–Kier alpha value is -2.69. The summed E-state index contributed by atoms with van der Waals surface area (Å²) in [7, 11) is 0. The number of carbonyl (C=O) groups is 1. The van der Waals surface area contributed by atoms with E-state index in [0.29, 0.717) is 36.5 Å². The number of rotatable bonds is 13. The third kappa shape index (κ3) is 8.48. The van der Waals surface area contributed by atoms with Crippen LogP contribution >= 0.6 is 0 Å². The molecule has 1 aliphatic heterocycles. The molecule has 1 aromatic carbocycles. The summed E-state index contributed by atoms with van der Waals surface area (Å²) in [6.45, 7) is 8.20. The predicted octanol–water partition coefficient (Wildman–Crippen LogP) is 2.46. The second kappa shape index (κ2) is 13.4. The first-order valence-electron chi connectivity index (χ1n) is 12.4. The molecular weight excluding hydrogens is 452 g/mol. The van der Waals surface area contributed by atoms with Gasteiger partial charge in [0.1, 0.15) is 12.4 Å². The van der Waals surface area contributed by atoms with Crippen molar-refractivity contribution in [3.63, 3.8) is 0 Å². The van der Waals surface area contributed by atoms with Crippen LogP contribution in [0.5, 0.6) is 5.75 Å². The maximum absolute atomic E-state index is 12.2. The number of aryl methyl sites for hydroxylation is 1. The number of amides is 1. The van der Waals surface area contributed by atoms with Crippen molar-refractivity contribution in [1.82, 2.24) is 15.5 Å². The first kappa shape index (κ1) is 26.9. The summed E-state index contributed by atoms with van der Waals surface area (Å²) in [6.07, 6.45) is 3.39. The van der Waals surface area contributed by atoms with Crippen molar-refractivity contribution in [2.24, 2.45) is 5.92 Å². The van der Waals surface area contributed by atoms with Crippen molar-refractivity contribution in [3.8, 4) is 5.75 Å². The zero-order valence-corrected chi connectivity index (χ0v) is 20.9. The number of nitrogens with zero attached hydrogens (tertiary/aromatic N) is 3. The molecule has 194 valence electrons. The van der Waals surface area contributed by atoms with E-state index in [2.05, 4.69) is 20.4 Å². The SMILES string of the molecule is Cc1cc(OCCCC2CCN(c3noc(COC(C)C)n3)CC2)ccc1C(=O)NC[C@H](O)CO. The van der Waals surface area contributed by atoms with Crippen LogP contribution in [0.1, 0.15) is 61.3 Å². The second-order valence-electron chi connectivity index (χ2n) is 9.29. The van der Waals surface area contributed by atoms with E-state index in [-0.39, 0.29) is 25.2 Å². The summed E-state index contributed by atoms with van der Waals surface area (Å²) in [5.74, 6) is 2.25. The van der Waals surface area contributed by atoms with E-state index in [1.54, 1.807) is 12.1 Å². The largest absolute Gasteiger partial charge is 0.494 e. The molecule has 0 aliphatic carbocycles. The molecule has 2 heterocycles. The lowest BCUT2D eigenvalue weighted by atomic mass is 9.92. The van der Waals surface area contributed by atoms with Gasteiger partial charge in [0, 0.05) is 25.2 Å². The number of aliphatic hydroxyl groups excluding tert-OH is 2. The second-order valence-corrected chi connectivity index (χ2v) is 9.29. The van der Waals surface area contributed by atoms with Crippen LogP contribution in [-0.2, 0) is 11.3 Å². The van der Waals surface area contributed by atoms with Gasteiger partial charge in [0.15, 0.2) is 0 Å². The first-order valence-corrected chi connectivity index (χ1v) is 12.4. The molecule has 35 heavy (non-hydrogen) atoms. The molecule has 1 atom stereocenters. The summed E-state index contributed by atoms with van der Waals surface area (Å²) in [4.78, 5) is 18.8. The molecule has 0 unspecified atom stereocenters. The Morgan fingerprint density at radius 3 is 2.77 bits per heavy atom. The number of benzene rings is 1. The van der Waals surface area contributed by atoms with Crippen molar-refractivity contribution < 1.29 is 29.0 Å². The molecule has 0 radical (unpaired) electrons. The van der Waals surface area contributed by atoms with Crippen molar-refractivity contribution >= 4 is 11.9 Å². The molecule has 3 rings (SSSR count). The highest BCUT2D eigenvalue weighted by Gasteiger charge is 2.22.